The largest absolute Gasteiger partial charge is 0.384 e. The van der Waals surface area contributed by atoms with Gasteiger partial charge in [-0.15, -0.1) is 6.58 Å². The first kappa shape index (κ1) is 8.34. The van der Waals surface area contributed by atoms with E-state index >= 15 is 0 Å². The van der Waals surface area contributed by atoms with Crippen molar-refractivity contribution in [2.45, 2.75) is 6.17 Å². The van der Waals surface area contributed by atoms with Crippen molar-refractivity contribution in [2.75, 3.05) is 0 Å². The van der Waals surface area contributed by atoms with Crippen LogP contribution in [0.4, 0.5) is 0 Å². The Balaban J connectivity index is 2.72. The van der Waals surface area contributed by atoms with Gasteiger partial charge in [0, 0.05) is 6.20 Å². The van der Waals surface area contributed by atoms with Crippen LogP contribution >= 0.6 is 0 Å². The molecule has 0 aromatic rings. The van der Waals surface area contributed by atoms with Crippen molar-refractivity contribution < 1.29 is 0 Å². The third-order valence-corrected chi connectivity index (χ3v) is 1.55. The van der Waals surface area contributed by atoms with Gasteiger partial charge in [-0.2, -0.15) is 5.26 Å². The second-order valence-corrected chi connectivity index (χ2v) is 2.39. The number of nitriles is 1. The zero-order chi connectivity index (χ0) is 8.97. The lowest BCUT2D eigenvalue weighted by molar-refractivity contribution is 0.539. The summed E-state index contributed by atoms with van der Waals surface area (Å²) in [7, 11) is 0. The van der Waals surface area contributed by atoms with Gasteiger partial charge in [-0.05, 0) is 6.08 Å². The van der Waals surface area contributed by atoms with E-state index in [4.69, 9.17) is 11.0 Å². The first-order valence-electron chi connectivity index (χ1n) is 3.56. The summed E-state index contributed by atoms with van der Waals surface area (Å²) in [5.41, 5.74) is 5.45. The molecule has 4 nitrogen and oxygen atoms in total. The molecule has 0 aromatic carbocycles. The van der Waals surface area contributed by atoms with Crippen LogP contribution < -0.4 is 11.1 Å². The van der Waals surface area contributed by atoms with Gasteiger partial charge in [0.25, 0.3) is 0 Å². The molecule has 1 heterocycles. The molecule has 0 amide bonds. The molecule has 0 spiro atoms. The van der Waals surface area contributed by atoms with E-state index in [1.165, 1.54) is 0 Å². The maximum atomic E-state index is 8.67. The number of hydrogen-bond acceptors (Lipinski definition) is 4. The van der Waals surface area contributed by atoms with Gasteiger partial charge in [0.15, 0.2) is 0 Å². The van der Waals surface area contributed by atoms with Crippen LogP contribution in [0.1, 0.15) is 0 Å². The lowest BCUT2D eigenvalue weighted by atomic mass is 10.1. The highest BCUT2D eigenvalue weighted by Gasteiger charge is 2.17. The third kappa shape index (κ3) is 1.64. The van der Waals surface area contributed by atoms with Crippen molar-refractivity contribution in [2.24, 2.45) is 16.6 Å². The first-order chi connectivity index (χ1) is 5.77. The van der Waals surface area contributed by atoms with Crippen LogP contribution in [0.2, 0.25) is 0 Å². The zero-order valence-electron chi connectivity index (χ0n) is 6.57. The Kier molecular flexibility index (Phi) is 2.49. The van der Waals surface area contributed by atoms with E-state index in [1.54, 1.807) is 18.4 Å². The third-order valence-electron chi connectivity index (χ3n) is 1.55. The SMILES string of the molecule is C=CC(C#N)C1N=C(N)C=CN1. The maximum Gasteiger partial charge on any atom is 0.140 e. The van der Waals surface area contributed by atoms with Crippen LogP contribution in [-0.4, -0.2) is 12.0 Å². The Hall–Kier alpha value is -1.76. The number of nitrogens with zero attached hydrogens (tertiary/aromatic N) is 2. The Labute approximate surface area is 71.1 Å². The summed E-state index contributed by atoms with van der Waals surface area (Å²) in [4.78, 5) is 4.03. The molecule has 2 atom stereocenters. The molecule has 3 N–H and O–H groups in total. The van der Waals surface area contributed by atoms with Crippen molar-refractivity contribution in [3.05, 3.63) is 24.9 Å². The van der Waals surface area contributed by atoms with Crippen molar-refractivity contribution in [1.29, 1.82) is 5.26 Å². The highest BCUT2D eigenvalue weighted by molar-refractivity contribution is 5.91. The van der Waals surface area contributed by atoms with E-state index < -0.39 is 0 Å². The van der Waals surface area contributed by atoms with E-state index in [0.717, 1.165) is 0 Å². The minimum absolute atomic E-state index is 0.294. The molecule has 2 unspecified atom stereocenters. The average molecular weight is 162 g/mol. The molecule has 0 bridgehead atoms. The van der Waals surface area contributed by atoms with E-state index in [-0.39, 0.29) is 12.1 Å². The first-order valence-corrected chi connectivity index (χ1v) is 3.56. The van der Waals surface area contributed by atoms with Gasteiger partial charge in [0.2, 0.25) is 0 Å². The summed E-state index contributed by atoms with van der Waals surface area (Å²) in [6.45, 7) is 3.54. The van der Waals surface area contributed by atoms with Crippen LogP contribution in [0.3, 0.4) is 0 Å². The molecule has 0 radical (unpaired) electrons. The molecule has 0 aromatic heterocycles. The molecule has 1 aliphatic heterocycles. The fourth-order valence-corrected chi connectivity index (χ4v) is 0.909. The van der Waals surface area contributed by atoms with Crippen LogP contribution in [0, 0.1) is 17.2 Å². The van der Waals surface area contributed by atoms with E-state index in [2.05, 4.69) is 23.0 Å². The molecule has 62 valence electrons. The van der Waals surface area contributed by atoms with Crippen LogP contribution in [0.5, 0.6) is 0 Å². The quantitative estimate of drug-likeness (QED) is 0.566. The second kappa shape index (κ2) is 3.58. The Morgan fingerprint density at radius 2 is 2.67 bits per heavy atom. The molecular formula is C8H10N4. The van der Waals surface area contributed by atoms with Crippen LogP contribution in [0.25, 0.3) is 0 Å². The topological polar surface area (TPSA) is 74.2 Å². The van der Waals surface area contributed by atoms with Gasteiger partial charge in [-0.1, -0.05) is 6.08 Å². The fourth-order valence-electron chi connectivity index (χ4n) is 0.909. The van der Waals surface area contributed by atoms with E-state index in [0.29, 0.717) is 5.84 Å². The minimum Gasteiger partial charge on any atom is -0.384 e. The number of rotatable bonds is 2. The van der Waals surface area contributed by atoms with E-state index in [1.807, 2.05) is 0 Å². The molecular weight excluding hydrogens is 152 g/mol. The number of nitrogens with one attached hydrogen (secondary N) is 1. The summed E-state index contributed by atoms with van der Waals surface area (Å²) < 4.78 is 0. The van der Waals surface area contributed by atoms with E-state index in [9.17, 15) is 0 Å². The monoisotopic (exact) mass is 162 g/mol. The molecule has 1 rings (SSSR count). The average Bonchev–Trinajstić information content (AvgIpc) is 2.07. The van der Waals surface area contributed by atoms with Crippen molar-refractivity contribution in [1.82, 2.24) is 5.32 Å². The fraction of sp³-hybridized carbons (Fsp3) is 0.250. The number of nitrogens with two attached hydrogens (primary N) is 1. The van der Waals surface area contributed by atoms with Gasteiger partial charge in [0.1, 0.15) is 17.9 Å². The van der Waals surface area contributed by atoms with Crippen LogP contribution in [-0.2, 0) is 0 Å². The summed E-state index contributed by atoms with van der Waals surface area (Å²) in [5.74, 6) is 0.0920. The lowest BCUT2D eigenvalue weighted by Crippen LogP contribution is -2.34. The molecule has 1 aliphatic rings. The standard InChI is InChI=1S/C8H10N4/c1-2-6(5-9)8-11-4-3-7(10)12-8/h2-4,6,8,11H,1H2,(H2,10,12). The van der Waals surface area contributed by atoms with Crippen molar-refractivity contribution >= 4 is 5.84 Å². The molecule has 0 fully saturated rings. The number of aliphatic imine (C=N–C) groups is 1. The predicted molar refractivity (Wildman–Crippen MR) is 47.0 cm³/mol. The molecule has 4 heteroatoms. The summed E-state index contributed by atoms with van der Waals surface area (Å²) in [6, 6.07) is 2.06. The highest BCUT2D eigenvalue weighted by Crippen LogP contribution is 2.07. The van der Waals surface area contributed by atoms with Gasteiger partial charge >= 0.3 is 0 Å². The predicted octanol–water partition coefficient (Wildman–Crippen LogP) is 0.112. The lowest BCUT2D eigenvalue weighted by Gasteiger charge is -2.18. The molecule has 12 heavy (non-hydrogen) atoms. The van der Waals surface area contributed by atoms with Crippen molar-refractivity contribution in [3.63, 3.8) is 0 Å². The number of amidine groups is 1. The van der Waals surface area contributed by atoms with Gasteiger partial charge in [0.05, 0.1) is 6.07 Å². The number of hydrogen-bond donors (Lipinski definition) is 2. The minimum atomic E-state index is -0.339. The van der Waals surface area contributed by atoms with Gasteiger partial charge in [-0.25, -0.2) is 4.99 Å². The second-order valence-electron chi connectivity index (χ2n) is 2.39. The Morgan fingerprint density at radius 3 is 3.17 bits per heavy atom. The Morgan fingerprint density at radius 1 is 1.92 bits per heavy atom. The normalized spacial score (nSPS) is 23.2. The molecule has 0 saturated carbocycles. The smallest absolute Gasteiger partial charge is 0.140 e. The molecule has 0 saturated heterocycles. The van der Waals surface area contributed by atoms with Gasteiger partial charge < -0.3 is 11.1 Å². The summed E-state index contributed by atoms with van der Waals surface area (Å²) in [5, 5.41) is 11.6. The summed E-state index contributed by atoms with van der Waals surface area (Å²) in [6.07, 6.45) is 4.58. The van der Waals surface area contributed by atoms with Crippen molar-refractivity contribution in [3.8, 4) is 6.07 Å². The highest BCUT2D eigenvalue weighted by atomic mass is 15.1. The van der Waals surface area contributed by atoms with Gasteiger partial charge in [-0.3, -0.25) is 0 Å². The molecule has 0 aliphatic carbocycles. The zero-order valence-corrected chi connectivity index (χ0v) is 6.57. The maximum absolute atomic E-state index is 8.67. The Bertz CT molecular complexity index is 271. The van der Waals surface area contributed by atoms with Crippen LogP contribution in [0.15, 0.2) is 29.9 Å². The summed E-state index contributed by atoms with van der Waals surface area (Å²) >= 11 is 0.